The summed E-state index contributed by atoms with van der Waals surface area (Å²) in [5, 5.41) is 2.75. The molecule has 0 atom stereocenters. The van der Waals surface area contributed by atoms with E-state index in [-0.39, 0.29) is 4.70 Å². The van der Waals surface area contributed by atoms with Gasteiger partial charge >= 0.3 is 0 Å². The summed E-state index contributed by atoms with van der Waals surface area (Å²) in [5.41, 5.74) is 0. The molecule has 0 rings (SSSR count). The van der Waals surface area contributed by atoms with Gasteiger partial charge in [-0.2, -0.15) is 0 Å². The fourth-order valence-electron chi connectivity index (χ4n) is 0. The van der Waals surface area contributed by atoms with Crippen LogP contribution in [0.3, 0.4) is 0 Å². The van der Waals surface area contributed by atoms with Crippen molar-refractivity contribution in [3.05, 3.63) is 0 Å². The lowest BCUT2D eigenvalue weighted by atomic mass is 11.3. The standard InChI is InChI=1S/C2H7N.FH/c1-3-2;/h3H,1-2H3;1H. The molecule has 0 heterocycles. The maximum absolute atomic E-state index is 2.75. The molecule has 0 aliphatic rings. The van der Waals surface area contributed by atoms with Gasteiger partial charge in [0, 0.05) is 0 Å². The predicted octanol–water partition coefficient (Wildman–Crippen LogP) is -0.0119. The van der Waals surface area contributed by atoms with Gasteiger partial charge in [-0.25, -0.2) is 0 Å². The van der Waals surface area contributed by atoms with Crippen molar-refractivity contribution in [1.29, 1.82) is 0 Å². The van der Waals surface area contributed by atoms with E-state index in [2.05, 4.69) is 5.32 Å². The number of rotatable bonds is 0. The highest BCUT2D eigenvalue weighted by Gasteiger charge is 1.25. The van der Waals surface area contributed by atoms with E-state index in [0.717, 1.165) is 0 Å². The van der Waals surface area contributed by atoms with Crippen molar-refractivity contribution >= 4 is 0 Å². The van der Waals surface area contributed by atoms with Crippen molar-refractivity contribution in [2.24, 2.45) is 0 Å². The number of nitrogens with one attached hydrogen (secondary N) is 1. The smallest absolute Gasteiger partial charge is 0.0167 e. The molecule has 0 aliphatic heterocycles. The van der Waals surface area contributed by atoms with Crippen LogP contribution < -0.4 is 5.32 Å². The molecule has 1 nitrogen and oxygen atoms in total. The van der Waals surface area contributed by atoms with Crippen LogP contribution in [-0.2, 0) is 0 Å². The Bertz CT molecular complexity index is 6.00. The fourth-order valence-corrected chi connectivity index (χ4v) is 0. The van der Waals surface area contributed by atoms with Crippen LogP contribution in [0, 0.1) is 0 Å². The summed E-state index contributed by atoms with van der Waals surface area (Å²) in [4.78, 5) is 0. The van der Waals surface area contributed by atoms with Gasteiger partial charge < -0.3 is 5.32 Å². The zero-order chi connectivity index (χ0) is 2.71. The molecule has 0 aromatic carbocycles. The van der Waals surface area contributed by atoms with E-state index in [1.807, 2.05) is 14.1 Å². The normalized spacial score (nSPS) is 4.50. The first-order valence-corrected chi connectivity index (χ1v) is 1.00. The van der Waals surface area contributed by atoms with Crippen LogP contribution in [0.5, 0.6) is 0 Å². The SMILES string of the molecule is CNC.F. The lowest BCUT2D eigenvalue weighted by Gasteiger charge is -1.59. The topological polar surface area (TPSA) is 12.0 Å². The van der Waals surface area contributed by atoms with E-state index in [0.29, 0.717) is 0 Å². The van der Waals surface area contributed by atoms with Gasteiger partial charge in [0.25, 0.3) is 0 Å². The molecule has 0 aromatic heterocycles. The van der Waals surface area contributed by atoms with E-state index < -0.39 is 0 Å². The molecule has 0 aromatic rings. The van der Waals surface area contributed by atoms with Crippen molar-refractivity contribution in [3.63, 3.8) is 0 Å². The Kier molecular flexibility index (Phi) is 29.6. The molecule has 0 fully saturated rings. The van der Waals surface area contributed by atoms with Gasteiger partial charge in [-0.05, 0) is 14.1 Å². The highest BCUT2D eigenvalue weighted by molar-refractivity contribution is 3.91. The second kappa shape index (κ2) is 13.0. The molecule has 2 heteroatoms. The predicted molar refractivity (Wildman–Crippen MR) is 17.5 cm³/mol. The summed E-state index contributed by atoms with van der Waals surface area (Å²) in [6, 6.07) is 0. The zero-order valence-corrected chi connectivity index (χ0v) is 2.91. The molecule has 0 spiro atoms. The lowest BCUT2D eigenvalue weighted by Crippen LogP contribution is -1.89. The van der Waals surface area contributed by atoms with Crippen LogP contribution >= 0.6 is 0 Å². The molecule has 0 saturated heterocycles. The maximum atomic E-state index is 2.75. The Labute approximate surface area is 25.4 Å². The maximum Gasteiger partial charge on any atom is -0.0167 e. The van der Waals surface area contributed by atoms with Crippen LogP contribution in [0.4, 0.5) is 4.70 Å². The minimum Gasteiger partial charge on any atom is -0.323 e. The Morgan fingerprint density at radius 3 is 1.25 bits per heavy atom. The zero-order valence-electron chi connectivity index (χ0n) is 2.91. The average molecular weight is 65.1 g/mol. The van der Waals surface area contributed by atoms with E-state index >= 15 is 0 Å². The average Bonchev–Trinajstić information content (AvgIpc) is 0.918. The minimum atomic E-state index is 0. The van der Waals surface area contributed by atoms with Crippen LogP contribution in [0.1, 0.15) is 0 Å². The summed E-state index contributed by atoms with van der Waals surface area (Å²) >= 11 is 0. The third-order valence-electron chi connectivity index (χ3n) is 0. The minimum absolute atomic E-state index is 0. The van der Waals surface area contributed by atoms with Gasteiger partial charge in [-0.1, -0.05) is 0 Å². The first-order valence-electron chi connectivity index (χ1n) is 1.00. The van der Waals surface area contributed by atoms with Crippen molar-refractivity contribution in [2.45, 2.75) is 0 Å². The van der Waals surface area contributed by atoms with Crippen molar-refractivity contribution in [2.75, 3.05) is 14.1 Å². The van der Waals surface area contributed by atoms with Gasteiger partial charge in [-0.3, -0.25) is 4.70 Å². The monoisotopic (exact) mass is 65.1 g/mol. The van der Waals surface area contributed by atoms with Gasteiger partial charge in [0.1, 0.15) is 0 Å². The van der Waals surface area contributed by atoms with Crippen LogP contribution in [-0.4, -0.2) is 14.1 Å². The second-order valence-corrected chi connectivity index (χ2v) is 0.500. The molecule has 0 bridgehead atoms. The molecule has 0 saturated carbocycles. The molecular formula is C2H8FN. The Morgan fingerprint density at radius 2 is 1.25 bits per heavy atom. The summed E-state index contributed by atoms with van der Waals surface area (Å²) in [6.45, 7) is 0. The summed E-state index contributed by atoms with van der Waals surface area (Å²) in [5.74, 6) is 0. The number of halogens is 1. The van der Waals surface area contributed by atoms with E-state index in [1.165, 1.54) is 0 Å². The molecular weight excluding hydrogens is 57.0 g/mol. The molecule has 0 amide bonds. The van der Waals surface area contributed by atoms with Gasteiger partial charge in [-0.15, -0.1) is 0 Å². The molecule has 0 unspecified atom stereocenters. The third kappa shape index (κ3) is 124. The van der Waals surface area contributed by atoms with Crippen LogP contribution in [0.25, 0.3) is 0 Å². The van der Waals surface area contributed by atoms with Crippen molar-refractivity contribution in [3.8, 4) is 0 Å². The van der Waals surface area contributed by atoms with Crippen molar-refractivity contribution in [1.82, 2.24) is 5.32 Å². The molecule has 0 radical (unpaired) electrons. The van der Waals surface area contributed by atoms with E-state index in [1.54, 1.807) is 0 Å². The highest BCUT2D eigenvalue weighted by atomic mass is 19.0. The molecule has 1 N–H and O–H groups in total. The van der Waals surface area contributed by atoms with Gasteiger partial charge in [0.2, 0.25) is 0 Å². The molecule has 0 aliphatic carbocycles. The largest absolute Gasteiger partial charge is 0.323 e. The summed E-state index contributed by atoms with van der Waals surface area (Å²) < 4.78 is 0. The van der Waals surface area contributed by atoms with Gasteiger partial charge in [0.05, 0.1) is 0 Å². The number of hydrogen-bond acceptors (Lipinski definition) is 1. The Hall–Kier alpha value is -0.110. The Balaban J connectivity index is 0. The summed E-state index contributed by atoms with van der Waals surface area (Å²) in [6.07, 6.45) is 0. The van der Waals surface area contributed by atoms with Crippen LogP contribution in [0.2, 0.25) is 0 Å². The first-order chi connectivity index (χ1) is 1.41. The second-order valence-electron chi connectivity index (χ2n) is 0.500. The Morgan fingerprint density at radius 1 is 1.25 bits per heavy atom. The summed E-state index contributed by atoms with van der Waals surface area (Å²) in [7, 11) is 3.75. The molecule has 28 valence electrons. The third-order valence-corrected chi connectivity index (χ3v) is 0. The van der Waals surface area contributed by atoms with E-state index in [4.69, 9.17) is 0 Å². The van der Waals surface area contributed by atoms with Crippen LogP contribution in [0.15, 0.2) is 0 Å². The van der Waals surface area contributed by atoms with Crippen molar-refractivity contribution < 1.29 is 4.70 Å². The highest BCUT2D eigenvalue weighted by Crippen LogP contribution is 0.981. The number of hydrogen-bond donors (Lipinski definition) is 1. The van der Waals surface area contributed by atoms with Gasteiger partial charge in [0.15, 0.2) is 0 Å². The lowest BCUT2D eigenvalue weighted by molar-refractivity contribution is 1.02. The first kappa shape index (κ1) is 9.10. The molecule has 4 heavy (non-hydrogen) atoms. The fraction of sp³-hybridized carbons (Fsp3) is 1.00. The quantitative estimate of drug-likeness (QED) is 0.418. The van der Waals surface area contributed by atoms with E-state index in [9.17, 15) is 0 Å².